The molecule has 0 heterocycles. The number of rotatable bonds is 3. The maximum atomic E-state index is 11.0. The summed E-state index contributed by atoms with van der Waals surface area (Å²) in [6, 6.07) is 7.32. The summed E-state index contributed by atoms with van der Waals surface area (Å²) in [6.45, 7) is 0. The summed E-state index contributed by atoms with van der Waals surface area (Å²) >= 11 is 0. The zero-order valence-corrected chi connectivity index (χ0v) is 8.47. The molecule has 0 N–H and O–H groups in total. The minimum Gasteiger partial charge on any atom is -0.497 e. The third-order valence-electron chi connectivity index (χ3n) is 2.25. The number of ketones is 1. The predicted molar refractivity (Wildman–Crippen MR) is 56.2 cm³/mol. The van der Waals surface area contributed by atoms with Crippen LogP contribution in [0.3, 0.4) is 0 Å². The Morgan fingerprint density at radius 1 is 1.20 bits per heavy atom. The van der Waals surface area contributed by atoms with Crippen molar-refractivity contribution in [1.82, 2.24) is 0 Å². The van der Waals surface area contributed by atoms with E-state index in [-0.39, 0.29) is 11.9 Å². The average Bonchev–Trinajstić information content (AvgIpc) is 2.65. The molecule has 2 rings (SSSR count). The van der Waals surface area contributed by atoms with Crippen LogP contribution in [0.25, 0.3) is 0 Å². The summed E-state index contributed by atoms with van der Waals surface area (Å²) in [5, 5.41) is 0. The van der Waals surface area contributed by atoms with Crippen LogP contribution in [0.15, 0.2) is 36.4 Å². The third kappa shape index (κ3) is 2.37. The van der Waals surface area contributed by atoms with E-state index in [0.717, 1.165) is 11.5 Å². The van der Waals surface area contributed by atoms with Gasteiger partial charge in [-0.05, 0) is 36.4 Å². The second-order valence-corrected chi connectivity index (χ2v) is 3.36. The first-order valence-corrected chi connectivity index (χ1v) is 4.79. The summed E-state index contributed by atoms with van der Waals surface area (Å²) in [6.07, 6.45) is 3.66. The predicted octanol–water partition coefficient (Wildman–Crippen LogP) is 1.97. The highest BCUT2D eigenvalue weighted by atomic mass is 16.5. The summed E-state index contributed by atoms with van der Waals surface area (Å²) in [7, 11) is 1.62. The topological polar surface area (TPSA) is 35.5 Å². The van der Waals surface area contributed by atoms with Crippen molar-refractivity contribution in [2.24, 2.45) is 0 Å². The smallest absolute Gasteiger partial charge is 0.159 e. The molecule has 1 aliphatic carbocycles. The number of ether oxygens (including phenoxy) is 2. The molecule has 78 valence electrons. The van der Waals surface area contributed by atoms with Crippen molar-refractivity contribution in [3.8, 4) is 11.5 Å². The largest absolute Gasteiger partial charge is 0.497 e. The molecule has 0 radical (unpaired) electrons. The zero-order chi connectivity index (χ0) is 10.7. The lowest BCUT2D eigenvalue weighted by Crippen LogP contribution is -2.11. The SMILES string of the molecule is COc1ccc(O[C@@H]2C=CC(=O)C2)cc1. The molecule has 1 aliphatic rings. The van der Waals surface area contributed by atoms with Gasteiger partial charge in [0, 0.05) is 0 Å². The van der Waals surface area contributed by atoms with Gasteiger partial charge in [0.05, 0.1) is 13.5 Å². The highest BCUT2D eigenvalue weighted by molar-refractivity contribution is 5.92. The van der Waals surface area contributed by atoms with E-state index in [0.29, 0.717) is 6.42 Å². The van der Waals surface area contributed by atoms with Crippen LogP contribution >= 0.6 is 0 Å². The average molecular weight is 204 g/mol. The minimum absolute atomic E-state index is 0.119. The Balaban J connectivity index is 1.99. The van der Waals surface area contributed by atoms with E-state index in [2.05, 4.69) is 0 Å². The maximum absolute atomic E-state index is 11.0. The molecule has 0 saturated carbocycles. The van der Waals surface area contributed by atoms with Gasteiger partial charge >= 0.3 is 0 Å². The Labute approximate surface area is 88.3 Å². The van der Waals surface area contributed by atoms with Gasteiger partial charge in [0.15, 0.2) is 5.78 Å². The minimum atomic E-state index is -0.120. The quantitative estimate of drug-likeness (QED) is 0.755. The van der Waals surface area contributed by atoms with Gasteiger partial charge in [0.25, 0.3) is 0 Å². The van der Waals surface area contributed by atoms with Crippen molar-refractivity contribution in [2.75, 3.05) is 7.11 Å². The van der Waals surface area contributed by atoms with E-state index < -0.39 is 0 Å². The first-order chi connectivity index (χ1) is 7.28. The van der Waals surface area contributed by atoms with Gasteiger partial charge in [0.1, 0.15) is 17.6 Å². The number of carbonyl (C=O) groups is 1. The van der Waals surface area contributed by atoms with Crippen LogP contribution in [0.1, 0.15) is 6.42 Å². The van der Waals surface area contributed by atoms with E-state index in [1.54, 1.807) is 19.3 Å². The van der Waals surface area contributed by atoms with Gasteiger partial charge in [-0.2, -0.15) is 0 Å². The fourth-order valence-electron chi connectivity index (χ4n) is 1.46. The van der Waals surface area contributed by atoms with Crippen LogP contribution in [-0.2, 0) is 4.79 Å². The second-order valence-electron chi connectivity index (χ2n) is 3.36. The second kappa shape index (κ2) is 4.17. The normalized spacial score (nSPS) is 19.3. The monoisotopic (exact) mass is 204 g/mol. The first kappa shape index (κ1) is 9.77. The lowest BCUT2D eigenvalue weighted by molar-refractivity contribution is -0.114. The molecule has 15 heavy (non-hydrogen) atoms. The van der Waals surface area contributed by atoms with Crippen LogP contribution in [0.4, 0.5) is 0 Å². The van der Waals surface area contributed by atoms with E-state index in [4.69, 9.17) is 9.47 Å². The molecular weight excluding hydrogens is 192 g/mol. The third-order valence-corrected chi connectivity index (χ3v) is 2.25. The van der Waals surface area contributed by atoms with Crippen molar-refractivity contribution in [2.45, 2.75) is 12.5 Å². The maximum Gasteiger partial charge on any atom is 0.159 e. The molecule has 0 amide bonds. The van der Waals surface area contributed by atoms with Crippen molar-refractivity contribution < 1.29 is 14.3 Å². The molecule has 0 spiro atoms. The molecule has 0 bridgehead atoms. The Morgan fingerprint density at radius 3 is 2.40 bits per heavy atom. The van der Waals surface area contributed by atoms with Gasteiger partial charge in [0.2, 0.25) is 0 Å². The Hall–Kier alpha value is -1.77. The summed E-state index contributed by atoms with van der Waals surface area (Å²) in [5.74, 6) is 1.66. The summed E-state index contributed by atoms with van der Waals surface area (Å²) in [4.78, 5) is 11.0. The molecule has 0 unspecified atom stereocenters. The van der Waals surface area contributed by atoms with Crippen LogP contribution < -0.4 is 9.47 Å². The lowest BCUT2D eigenvalue weighted by Gasteiger charge is -2.11. The number of benzene rings is 1. The lowest BCUT2D eigenvalue weighted by atomic mass is 10.3. The number of allylic oxidation sites excluding steroid dienone is 1. The number of methoxy groups -OCH3 is 1. The Bertz CT molecular complexity index is 378. The van der Waals surface area contributed by atoms with E-state index in [9.17, 15) is 4.79 Å². The van der Waals surface area contributed by atoms with Crippen LogP contribution in [0.2, 0.25) is 0 Å². The zero-order valence-electron chi connectivity index (χ0n) is 8.47. The Morgan fingerprint density at radius 2 is 1.87 bits per heavy atom. The van der Waals surface area contributed by atoms with Gasteiger partial charge in [-0.1, -0.05) is 0 Å². The fourth-order valence-corrected chi connectivity index (χ4v) is 1.46. The highest BCUT2D eigenvalue weighted by Crippen LogP contribution is 2.20. The van der Waals surface area contributed by atoms with Gasteiger partial charge in [-0.25, -0.2) is 0 Å². The number of hydrogen-bond donors (Lipinski definition) is 0. The van der Waals surface area contributed by atoms with Crippen LogP contribution in [-0.4, -0.2) is 19.0 Å². The molecular formula is C12H12O3. The molecule has 0 fully saturated rings. The molecule has 1 aromatic carbocycles. The van der Waals surface area contributed by atoms with Gasteiger partial charge in [-0.15, -0.1) is 0 Å². The standard InChI is InChI=1S/C12H12O3/c1-14-10-4-6-11(7-5-10)15-12-3-2-9(13)8-12/h2-7,12H,8H2,1H3/t12-/m1/s1. The van der Waals surface area contributed by atoms with E-state index in [1.165, 1.54) is 0 Å². The molecule has 3 heteroatoms. The molecule has 0 aliphatic heterocycles. The number of carbonyl (C=O) groups excluding carboxylic acids is 1. The van der Waals surface area contributed by atoms with E-state index in [1.807, 2.05) is 24.3 Å². The first-order valence-electron chi connectivity index (χ1n) is 4.79. The molecule has 0 aromatic heterocycles. The van der Waals surface area contributed by atoms with Crippen molar-refractivity contribution in [3.63, 3.8) is 0 Å². The summed E-state index contributed by atoms with van der Waals surface area (Å²) < 4.78 is 10.6. The molecule has 0 saturated heterocycles. The molecule has 1 atom stereocenters. The summed E-state index contributed by atoms with van der Waals surface area (Å²) in [5.41, 5.74) is 0. The van der Waals surface area contributed by atoms with Crippen LogP contribution in [0, 0.1) is 0 Å². The van der Waals surface area contributed by atoms with E-state index >= 15 is 0 Å². The molecule has 1 aromatic rings. The van der Waals surface area contributed by atoms with Crippen molar-refractivity contribution in [3.05, 3.63) is 36.4 Å². The Kier molecular flexibility index (Phi) is 2.72. The van der Waals surface area contributed by atoms with Crippen molar-refractivity contribution in [1.29, 1.82) is 0 Å². The van der Waals surface area contributed by atoms with Crippen LogP contribution in [0.5, 0.6) is 11.5 Å². The number of hydrogen-bond acceptors (Lipinski definition) is 3. The van der Waals surface area contributed by atoms with Gasteiger partial charge in [-0.3, -0.25) is 4.79 Å². The van der Waals surface area contributed by atoms with Gasteiger partial charge < -0.3 is 9.47 Å². The molecule has 3 nitrogen and oxygen atoms in total. The fraction of sp³-hybridized carbons (Fsp3) is 0.250. The highest BCUT2D eigenvalue weighted by Gasteiger charge is 2.16. The van der Waals surface area contributed by atoms with Crippen molar-refractivity contribution >= 4 is 5.78 Å².